The molecule has 0 radical (unpaired) electrons. The number of rotatable bonds is 13. The average Bonchev–Trinajstić information content (AvgIpc) is 3.07. The van der Waals surface area contributed by atoms with E-state index in [-0.39, 0.29) is 11.6 Å². The lowest BCUT2D eigenvalue weighted by molar-refractivity contribution is -0.116. The number of ether oxygens (including phenoxy) is 3. The fraction of sp³-hybridized carbons (Fsp3) is 0.171. The third-order valence-electron chi connectivity index (χ3n) is 6.72. The van der Waals surface area contributed by atoms with Crippen molar-refractivity contribution < 1.29 is 28.6 Å². The topological polar surface area (TPSA) is 115 Å². The first-order valence-corrected chi connectivity index (χ1v) is 15.5. The number of benzene rings is 4. The van der Waals surface area contributed by atoms with Crippen LogP contribution in [0.25, 0.3) is 6.08 Å². The van der Waals surface area contributed by atoms with E-state index in [1.165, 1.54) is 39.2 Å². The van der Waals surface area contributed by atoms with Gasteiger partial charge in [-0.1, -0.05) is 42.8 Å². The summed E-state index contributed by atoms with van der Waals surface area (Å²) >= 11 is 7.58. The molecule has 0 fully saturated rings. The SMILES string of the molecule is CCC(Sc1cccc(NC(=O)/C(=C\c2cc(OC)ccc2OC)NC(=O)c2ccccc2)c1)C(=O)Nc1ccc(OC)c(Cl)c1. The number of halogens is 1. The maximum atomic E-state index is 13.7. The Morgan fingerprint density at radius 3 is 2.20 bits per heavy atom. The highest BCUT2D eigenvalue weighted by atomic mass is 35.5. The molecule has 1 atom stereocenters. The Labute approximate surface area is 277 Å². The van der Waals surface area contributed by atoms with Crippen molar-refractivity contribution >= 4 is 58.5 Å². The Bertz CT molecular complexity index is 1730. The minimum atomic E-state index is -0.558. The number of amides is 3. The first kappa shape index (κ1) is 34.0. The van der Waals surface area contributed by atoms with E-state index in [2.05, 4.69) is 16.0 Å². The summed E-state index contributed by atoms with van der Waals surface area (Å²) in [6.07, 6.45) is 2.08. The molecule has 9 nitrogen and oxygen atoms in total. The van der Waals surface area contributed by atoms with E-state index < -0.39 is 17.1 Å². The van der Waals surface area contributed by atoms with Crippen LogP contribution in [0.2, 0.25) is 5.02 Å². The summed E-state index contributed by atoms with van der Waals surface area (Å²) < 4.78 is 16.0. The van der Waals surface area contributed by atoms with Crippen molar-refractivity contribution in [2.45, 2.75) is 23.5 Å². The zero-order valence-electron chi connectivity index (χ0n) is 25.8. The lowest BCUT2D eigenvalue weighted by Crippen LogP contribution is -2.30. The van der Waals surface area contributed by atoms with E-state index in [0.29, 0.717) is 51.2 Å². The molecule has 238 valence electrons. The second-order valence-corrected chi connectivity index (χ2v) is 11.5. The number of thioether (sulfide) groups is 1. The van der Waals surface area contributed by atoms with Crippen LogP contribution in [0.4, 0.5) is 11.4 Å². The van der Waals surface area contributed by atoms with Crippen LogP contribution < -0.4 is 30.2 Å². The normalized spacial score (nSPS) is 11.6. The van der Waals surface area contributed by atoms with Crippen LogP contribution in [0, 0.1) is 0 Å². The monoisotopic (exact) mass is 659 g/mol. The molecule has 3 N–H and O–H groups in total. The number of carbonyl (C=O) groups is 3. The maximum absolute atomic E-state index is 13.7. The number of hydrogen-bond acceptors (Lipinski definition) is 7. The predicted molar refractivity (Wildman–Crippen MR) is 183 cm³/mol. The highest BCUT2D eigenvalue weighted by molar-refractivity contribution is 8.00. The first-order valence-electron chi connectivity index (χ1n) is 14.3. The molecule has 1 unspecified atom stereocenters. The van der Waals surface area contributed by atoms with Crippen LogP contribution in [-0.4, -0.2) is 44.3 Å². The molecule has 4 aromatic rings. The Hall–Kier alpha value is -4.93. The third kappa shape index (κ3) is 9.06. The van der Waals surface area contributed by atoms with Gasteiger partial charge in [-0.25, -0.2) is 0 Å². The molecular weight excluding hydrogens is 626 g/mol. The second kappa shape index (κ2) is 16.4. The van der Waals surface area contributed by atoms with Crippen molar-refractivity contribution in [1.29, 1.82) is 0 Å². The highest BCUT2D eigenvalue weighted by Crippen LogP contribution is 2.31. The highest BCUT2D eigenvalue weighted by Gasteiger charge is 2.20. The molecule has 11 heteroatoms. The van der Waals surface area contributed by atoms with Crippen molar-refractivity contribution in [2.24, 2.45) is 0 Å². The van der Waals surface area contributed by atoms with Gasteiger partial charge in [-0.05, 0) is 79.2 Å². The molecule has 4 rings (SSSR count). The van der Waals surface area contributed by atoms with E-state index in [9.17, 15) is 14.4 Å². The first-order chi connectivity index (χ1) is 22.2. The third-order valence-corrected chi connectivity index (χ3v) is 8.37. The Balaban J connectivity index is 1.54. The lowest BCUT2D eigenvalue weighted by atomic mass is 10.1. The number of hydrogen-bond donors (Lipinski definition) is 3. The van der Waals surface area contributed by atoms with Gasteiger partial charge in [0, 0.05) is 27.4 Å². The second-order valence-electron chi connectivity index (χ2n) is 9.82. The van der Waals surface area contributed by atoms with Gasteiger partial charge in [-0.2, -0.15) is 0 Å². The number of methoxy groups -OCH3 is 3. The van der Waals surface area contributed by atoms with Crippen LogP contribution >= 0.6 is 23.4 Å². The van der Waals surface area contributed by atoms with Gasteiger partial charge in [0.25, 0.3) is 11.8 Å². The summed E-state index contributed by atoms with van der Waals surface area (Å²) in [6, 6.07) is 25.9. The molecule has 0 saturated heterocycles. The quantitative estimate of drug-likeness (QED) is 0.102. The predicted octanol–water partition coefficient (Wildman–Crippen LogP) is 7.28. The van der Waals surface area contributed by atoms with Crippen molar-refractivity contribution in [2.75, 3.05) is 32.0 Å². The van der Waals surface area contributed by atoms with Gasteiger partial charge in [0.2, 0.25) is 5.91 Å². The van der Waals surface area contributed by atoms with Gasteiger partial charge >= 0.3 is 0 Å². The van der Waals surface area contributed by atoms with Crippen molar-refractivity contribution in [3.63, 3.8) is 0 Å². The Morgan fingerprint density at radius 1 is 0.804 bits per heavy atom. The number of carbonyl (C=O) groups excluding carboxylic acids is 3. The number of anilines is 2. The van der Waals surface area contributed by atoms with E-state index >= 15 is 0 Å². The van der Waals surface area contributed by atoms with Crippen LogP contribution in [0.15, 0.2) is 102 Å². The van der Waals surface area contributed by atoms with Crippen molar-refractivity contribution in [1.82, 2.24) is 5.32 Å². The summed E-state index contributed by atoms with van der Waals surface area (Å²) in [4.78, 5) is 40.6. The lowest BCUT2D eigenvalue weighted by Gasteiger charge is -2.16. The minimum absolute atomic E-state index is 0.0116. The molecule has 0 heterocycles. The largest absolute Gasteiger partial charge is 0.497 e. The maximum Gasteiger partial charge on any atom is 0.272 e. The fourth-order valence-corrected chi connectivity index (χ4v) is 5.62. The molecule has 0 saturated carbocycles. The Morgan fingerprint density at radius 2 is 1.52 bits per heavy atom. The van der Waals surface area contributed by atoms with Crippen LogP contribution in [0.1, 0.15) is 29.3 Å². The van der Waals surface area contributed by atoms with Gasteiger partial charge < -0.3 is 30.2 Å². The van der Waals surface area contributed by atoms with E-state index in [4.69, 9.17) is 25.8 Å². The van der Waals surface area contributed by atoms with Crippen molar-refractivity contribution in [3.05, 3.63) is 113 Å². The zero-order valence-corrected chi connectivity index (χ0v) is 27.3. The fourth-order valence-electron chi connectivity index (χ4n) is 4.35. The van der Waals surface area contributed by atoms with E-state index in [1.807, 2.05) is 13.0 Å². The standard InChI is InChI=1S/C35H34ClN3O6S/c1-5-32(35(42)38-25-14-16-31(45-4)28(36)21-25)46-27-13-9-12-24(20-27)37-34(41)29(39-33(40)22-10-7-6-8-11-22)19-23-18-26(43-2)15-17-30(23)44-3/h6-21,32H,5H2,1-4H3,(H,37,41)(H,38,42)(H,39,40)/b29-19+. The molecular formula is C35H34ClN3O6S. The van der Waals surface area contributed by atoms with Crippen LogP contribution in [-0.2, 0) is 9.59 Å². The summed E-state index contributed by atoms with van der Waals surface area (Å²) in [7, 11) is 4.57. The van der Waals surface area contributed by atoms with Gasteiger partial charge in [0.15, 0.2) is 0 Å². The summed E-state index contributed by atoms with van der Waals surface area (Å²) in [5.41, 5.74) is 1.94. The molecule has 46 heavy (non-hydrogen) atoms. The molecule has 0 aromatic heterocycles. The van der Waals surface area contributed by atoms with Crippen LogP contribution in [0.3, 0.4) is 0 Å². The van der Waals surface area contributed by atoms with Crippen molar-refractivity contribution in [3.8, 4) is 17.2 Å². The molecule has 3 amide bonds. The van der Waals surface area contributed by atoms with Crippen LogP contribution in [0.5, 0.6) is 17.2 Å². The van der Waals surface area contributed by atoms with Gasteiger partial charge in [-0.3, -0.25) is 14.4 Å². The molecule has 4 aromatic carbocycles. The Kier molecular flexibility index (Phi) is 12.1. The summed E-state index contributed by atoms with van der Waals surface area (Å²) in [5, 5.41) is 8.47. The zero-order chi connectivity index (χ0) is 33.1. The molecule has 0 aliphatic heterocycles. The number of nitrogens with one attached hydrogen (secondary N) is 3. The molecule has 0 bridgehead atoms. The average molecular weight is 660 g/mol. The van der Waals surface area contributed by atoms with Gasteiger partial charge in [0.1, 0.15) is 22.9 Å². The molecule has 0 spiro atoms. The minimum Gasteiger partial charge on any atom is -0.497 e. The smallest absolute Gasteiger partial charge is 0.272 e. The molecule has 0 aliphatic carbocycles. The summed E-state index contributed by atoms with van der Waals surface area (Å²) in [6.45, 7) is 1.92. The summed E-state index contributed by atoms with van der Waals surface area (Å²) in [5.74, 6) is 0.347. The van der Waals surface area contributed by atoms with Gasteiger partial charge in [0.05, 0.1) is 31.6 Å². The van der Waals surface area contributed by atoms with E-state index in [1.54, 1.807) is 84.9 Å². The van der Waals surface area contributed by atoms with Gasteiger partial charge in [-0.15, -0.1) is 11.8 Å². The molecule has 0 aliphatic rings. The van der Waals surface area contributed by atoms with E-state index in [0.717, 1.165) is 4.90 Å².